The van der Waals surface area contributed by atoms with Gasteiger partial charge in [-0.3, -0.25) is 4.79 Å². The van der Waals surface area contributed by atoms with E-state index in [-0.39, 0.29) is 11.3 Å². The Hall–Kier alpha value is -2.95. The number of aromatic hydroxyl groups is 1. The van der Waals surface area contributed by atoms with Gasteiger partial charge in [-0.05, 0) is 62.1 Å². The summed E-state index contributed by atoms with van der Waals surface area (Å²) in [4.78, 5) is 11.9. The third-order valence-electron chi connectivity index (χ3n) is 4.78. The maximum atomic E-state index is 11.9. The molecule has 5 N–H and O–H groups in total. The van der Waals surface area contributed by atoms with Crippen molar-refractivity contribution in [1.29, 1.82) is 0 Å². The minimum atomic E-state index is -0.572. The molecule has 1 aromatic carbocycles. The maximum absolute atomic E-state index is 11.9. The van der Waals surface area contributed by atoms with E-state index in [9.17, 15) is 9.90 Å². The van der Waals surface area contributed by atoms with E-state index in [4.69, 9.17) is 11.5 Å². The number of hydrogen-bond donors (Lipinski definition) is 3. The van der Waals surface area contributed by atoms with Crippen molar-refractivity contribution in [2.75, 3.05) is 5.73 Å². The van der Waals surface area contributed by atoms with Crippen LogP contribution in [0.3, 0.4) is 0 Å². The Morgan fingerprint density at radius 1 is 1.08 bits per heavy atom. The number of anilines is 1. The topological polar surface area (TPSA) is 93.8 Å². The van der Waals surface area contributed by atoms with E-state index in [1.54, 1.807) is 12.3 Å². The molecule has 0 saturated heterocycles. The van der Waals surface area contributed by atoms with Crippen molar-refractivity contribution in [1.82, 2.24) is 4.40 Å². The van der Waals surface area contributed by atoms with Crippen LogP contribution in [0, 0.1) is 27.7 Å². The molecule has 0 spiro atoms. The predicted octanol–water partition coefficient (Wildman–Crippen LogP) is 3.23. The van der Waals surface area contributed by atoms with Crippen LogP contribution in [0.2, 0.25) is 0 Å². The Morgan fingerprint density at radius 2 is 1.75 bits per heavy atom. The summed E-state index contributed by atoms with van der Waals surface area (Å²) in [6, 6.07) is 5.54. The number of aryl methyl sites for hydroxylation is 3. The first-order valence-corrected chi connectivity index (χ1v) is 7.74. The van der Waals surface area contributed by atoms with Crippen molar-refractivity contribution in [3.63, 3.8) is 0 Å². The van der Waals surface area contributed by atoms with Gasteiger partial charge in [0.15, 0.2) is 0 Å². The van der Waals surface area contributed by atoms with Gasteiger partial charge in [-0.15, -0.1) is 0 Å². The van der Waals surface area contributed by atoms with Crippen molar-refractivity contribution in [3.8, 4) is 16.9 Å². The summed E-state index contributed by atoms with van der Waals surface area (Å²) in [5.74, 6) is -0.380. The van der Waals surface area contributed by atoms with Crippen LogP contribution >= 0.6 is 0 Å². The molecule has 124 valence electrons. The predicted molar refractivity (Wildman–Crippen MR) is 96.4 cm³/mol. The summed E-state index contributed by atoms with van der Waals surface area (Å²) in [7, 11) is 0. The third-order valence-corrected chi connectivity index (χ3v) is 4.78. The van der Waals surface area contributed by atoms with Gasteiger partial charge >= 0.3 is 0 Å². The Kier molecular flexibility index (Phi) is 3.52. The number of phenols is 1. The van der Waals surface area contributed by atoms with Crippen LogP contribution in [-0.4, -0.2) is 15.4 Å². The summed E-state index contributed by atoms with van der Waals surface area (Å²) < 4.78 is 1.93. The number of nitrogens with two attached hydrogens (primary N) is 2. The number of carbonyl (C=O) groups excluding carboxylic acids is 1. The number of carbonyl (C=O) groups is 1. The number of benzene rings is 1. The lowest BCUT2D eigenvalue weighted by Gasteiger charge is -2.18. The van der Waals surface area contributed by atoms with Gasteiger partial charge in [0.2, 0.25) is 0 Å². The monoisotopic (exact) mass is 323 g/mol. The Bertz CT molecular complexity index is 1000. The third kappa shape index (κ3) is 2.12. The molecule has 24 heavy (non-hydrogen) atoms. The smallest absolute Gasteiger partial charge is 0.252 e. The number of rotatable bonds is 2. The second kappa shape index (κ2) is 5.30. The molecule has 3 rings (SSSR count). The highest BCUT2D eigenvalue weighted by atomic mass is 16.3. The van der Waals surface area contributed by atoms with Crippen LogP contribution in [0.4, 0.5) is 5.69 Å². The first-order valence-electron chi connectivity index (χ1n) is 7.74. The lowest BCUT2D eigenvalue weighted by Crippen LogP contribution is -2.16. The SMILES string of the molecule is Cc1ccc(O)c(C)c1-c1c(N)c(C(N)=O)cn2c(C)c(C)cc12. The molecule has 5 heteroatoms. The zero-order chi connectivity index (χ0) is 17.8. The van der Waals surface area contributed by atoms with Gasteiger partial charge in [0.1, 0.15) is 5.75 Å². The molecule has 2 heterocycles. The van der Waals surface area contributed by atoms with Crippen LogP contribution in [0.5, 0.6) is 5.75 Å². The zero-order valence-corrected chi connectivity index (χ0v) is 14.3. The highest BCUT2D eigenvalue weighted by molar-refractivity contribution is 6.05. The van der Waals surface area contributed by atoms with E-state index in [1.807, 2.05) is 44.2 Å². The summed E-state index contributed by atoms with van der Waals surface area (Å²) in [5.41, 5.74) is 18.7. The van der Waals surface area contributed by atoms with Crippen molar-refractivity contribution >= 4 is 17.1 Å². The van der Waals surface area contributed by atoms with Gasteiger partial charge < -0.3 is 21.0 Å². The largest absolute Gasteiger partial charge is 0.508 e. The Morgan fingerprint density at radius 3 is 2.38 bits per heavy atom. The molecule has 0 fully saturated rings. The molecule has 5 nitrogen and oxygen atoms in total. The summed E-state index contributed by atoms with van der Waals surface area (Å²) in [6.07, 6.45) is 1.69. The van der Waals surface area contributed by atoms with E-state index >= 15 is 0 Å². The highest BCUT2D eigenvalue weighted by Gasteiger charge is 2.21. The zero-order valence-electron chi connectivity index (χ0n) is 14.3. The number of hydrogen-bond acceptors (Lipinski definition) is 3. The van der Waals surface area contributed by atoms with Crippen LogP contribution in [0.25, 0.3) is 16.6 Å². The molecule has 0 bridgehead atoms. The van der Waals surface area contributed by atoms with Crippen molar-refractivity contribution < 1.29 is 9.90 Å². The number of fused-ring (bicyclic) bond motifs is 1. The molecule has 0 saturated carbocycles. The number of primary amides is 1. The number of pyridine rings is 1. The van der Waals surface area contributed by atoms with Crippen LogP contribution in [0.1, 0.15) is 32.7 Å². The van der Waals surface area contributed by atoms with E-state index in [0.717, 1.165) is 39.0 Å². The summed E-state index contributed by atoms with van der Waals surface area (Å²) in [6.45, 7) is 7.79. The first-order chi connectivity index (χ1) is 11.2. The van der Waals surface area contributed by atoms with Gasteiger partial charge in [-0.2, -0.15) is 0 Å². The summed E-state index contributed by atoms with van der Waals surface area (Å²) >= 11 is 0. The number of aromatic nitrogens is 1. The number of nitrogen functional groups attached to an aromatic ring is 1. The average Bonchev–Trinajstić information content (AvgIpc) is 2.80. The standard InChI is InChI=1S/C19H21N3O2/c1-9-5-6-15(23)11(3)16(9)17-14-7-10(2)12(4)22(14)8-13(18(17)20)19(21)24/h5-8,23H,20H2,1-4H3,(H2,21,24). The van der Waals surface area contributed by atoms with Crippen LogP contribution < -0.4 is 11.5 Å². The van der Waals surface area contributed by atoms with Crippen molar-refractivity contribution in [2.45, 2.75) is 27.7 Å². The van der Waals surface area contributed by atoms with Crippen LogP contribution in [-0.2, 0) is 0 Å². The fourth-order valence-electron chi connectivity index (χ4n) is 3.26. The molecule has 0 aliphatic heterocycles. The second-order valence-corrected chi connectivity index (χ2v) is 6.27. The van der Waals surface area contributed by atoms with Gasteiger partial charge in [-0.25, -0.2) is 0 Å². The van der Waals surface area contributed by atoms with Gasteiger partial charge in [0.05, 0.1) is 16.8 Å². The molecule has 1 amide bonds. The lowest BCUT2D eigenvalue weighted by atomic mass is 9.92. The molecule has 0 atom stereocenters. The highest BCUT2D eigenvalue weighted by Crippen LogP contribution is 2.40. The van der Waals surface area contributed by atoms with Gasteiger partial charge in [-0.1, -0.05) is 6.07 Å². The van der Waals surface area contributed by atoms with E-state index < -0.39 is 5.91 Å². The molecule has 0 aliphatic rings. The summed E-state index contributed by atoms with van der Waals surface area (Å²) in [5, 5.41) is 10.1. The van der Waals surface area contributed by atoms with Gasteiger partial charge in [0, 0.05) is 17.5 Å². The minimum absolute atomic E-state index is 0.192. The normalized spacial score (nSPS) is 11.2. The van der Waals surface area contributed by atoms with E-state index in [0.29, 0.717) is 5.69 Å². The average molecular weight is 323 g/mol. The molecule has 3 aromatic rings. The first kappa shape index (κ1) is 15.9. The molecule has 2 aromatic heterocycles. The second-order valence-electron chi connectivity index (χ2n) is 6.27. The molecule has 0 radical (unpaired) electrons. The maximum Gasteiger partial charge on any atom is 0.252 e. The van der Waals surface area contributed by atoms with Crippen LogP contribution in [0.15, 0.2) is 24.4 Å². The minimum Gasteiger partial charge on any atom is -0.508 e. The van der Waals surface area contributed by atoms with Crippen molar-refractivity contribution in [2.24, 2.45) is 5.73 Å². The molecular weight excluding hydrogens is 302 g/mol. The number of nitrogens with zero attached hydrogens (tertiary/aromatic N) is 1. The van der Waals surface area contributed by atoms with Crippen molar-refractivity contribution in [3.05, 3.63) is 52.3 Å². The quantitative estimate of drug-likeness (QED) is 0.676. The Balaban J connectivity index is 2.57. The number of amides is 1. The molecule has 0 aliphatic carbocycles. The molecular formula is C19H21N3O2. The molecule has 0 unspecified atom stereocenters. The van der Waals surface area contributed by atoms with E-state index in [2.05, 4.69) is 0 Å². The Labute approximate surface area is 140 Å². The fourth-order valence-corrected chi connectivity index (χ4v) is 3.26. The van der Waals surface area contributed by atoms with Gasteiger partial charge in [0.25, 0.3) is 5.91 Å². The number of phenolic OH excluding ortho intramolecular Hbond substituents is 1. The lowest BCUT2D eigenvalue weighted by molar-refractivity contribution is 0.100. The van der Waals surface area contributed by atoms with E-state index in [1.165, 1.54) is 0 Å². The fraction of sp³-hybridized carbons (Fsp3) is 0.211.